The molecule has 1 heterocycles. The number of hydrogen-bond acceptors (Lipinski definition) is 6. The molecule has 1 saturated heterocycles. The van der Waals surface area contributed by atoms with Gasteiger partial charge in [0.2, 0.25) is 5.91 Å². The molecule has 0 aromatic heterocycles. The molecule has 1 aliphatic rings. The van der Waals surface area contributed by atoms with Crippen LogP contribution >= 0.6 is 35.6 Å². The number of thioether (sulfide) groups is 1. The van der Waals surface area contributed by atoms with Gasteiger partial charge in [0.05, 0.1) is 4.91 Å². The summed E-state index contributed by atoms with van der Waals surface area (Å²) in [5.41, 5.74) is 6.57. The van der Waals surface area contributed by atoms with Gasteiger partial charge in [0, 0.05) is 22.6 Å². The van der Waals surface area contributed by atoms with Gasteiger partial charge >= 0.3 is 5.97 Å². The zero-order chi connectivity index (χ0) is 23.3. The predicted molar refractivity (Wildman–Crippen MR) is 127 cm³/mol. The molecule has 0 aliphatic carbocycles. The van der Waals surface area contributed by atoms with Gasteiger partial charge < -0.3 is 15.6 Å². The quantitative estimate of drug-likeness (QED) is 0.406. The molecular formula is C22H19ClN2O5S2. The van der Waals surface area contributed by atoms with Crippen LogP contribution in [0.15, 0.2) is 53.4 Å². The van der Waals surface area contributed by atoms with E-state index in [1.54, 1.807) is 36.4 Å². The highest BCUT2D eigenvalue weighted by atomic mass is 35.5. The van der Waals surface area contributed by atoms with Crippen LogP contribution in [0.2, 0.25) is 5.02 Å². The van der Waals surface area contributed by atoms with Crippen LogP contribution in [0.1, 0.15) is 24.0 Å². The number of hydrogen-bond donors (Lipinski definition) is 2. The summed E-state index contributed by atoms with van der Waals surface area (Å²) in [6.07, 6.45) is 1.31. The van der Waals surface area contributed by atoms with Gasteiger partial charge in [-0.1, -0.05) is 72.0 Å². The van der Waals surface area contributed by atoms with Gasteiger partial charge in [-0.25, -0.2) is 4.79 Å². The molecule has 2 aromatic rings. The number of carbonyl (C=O) groups is 3. The summed E-state index contributed by atoms with van der Waals surface area (Å²) in [5.74, 6) is -1.92. The van der Waals surface area contributed by atoms with Crippen molar-refractivity contribution in [2.45, 2.75) is 25.5 Å². The van der Waals surface area contributed by atoms with E-state index in [1.165, 1.54) is 0 Å². The molecular weight excluding hydrogens is 472 g/mol. The van der Waals surface area contributed by atoms with Gasteiger partial charge in [-0.3, -0.25) is 14.5 Å². The third kappa shape index (κ3) is 5.67. The Hall–Kier alpha value is -2.88. The fourth-order valence-corrected chi connectivity index (χ4v) is 4.57. The lowest BCUT2D eigenvalue weighted by Gasteiger charge is -2.22. The smallest absolute Gasteiger partial charge is 0.326 e. The van der Waals surface area contributed by atoms with E-state index in [4.69, 9.17) is 34.3 Å². The SMILES string of the molecule is NC(=O)CCC(C(=O)O)N1C(=O)/C(=C/c2ccccc2OCc2ccccc2Cl)SC1=S. The Morgan fingerprint density at radius 1 is 1.22 bits per heavy atom. The molecule has 0 radical (unpaired) electrons. The molecule has 2 amide bonds. The Balaban J connectivity index is 1.82. The van der Waals surface area contributed by atoms with Gasteiger partial charge in [-0.2, -0.15) is 0 Å². The lowest BCUT2D eigenvalue weighted by molar-refractivity contribution is -0.145. The Bertz CT molecular complexity index is 1110. The number of nitrogens with zero attached hydrogens (tertiary/aromatic N) is 1. The van der Waals surface area contributed by atoms with Crippen molar-refractivity contribution in [1.29, 1.82) is 0 Å². The Morgan fingerprint density at radius 2 is 1.91 bits per heavy atom. The number of primary amides is 1. The third-order valence-corrected chi connectivity index (χ3v) is 6.33. The van der Waals surface area contributed by atoms with Gasteiger partial charge in [-0.05, 0) is 24.6 Å². The van der Waals surface area contributed by atoms with Crippen molar-refractivity contribution in [3.63, 3.8) is 0 Å². The first-order chi connectivity index (χ1) is 15.3. The second-order valence-electron chi connectivity index (χ2n) is 6.83. The first-order valence-corrected chi connectivity index (χ1v) is 11.1. The molecule has 0 saturated carbocycles. The number of carboxylic acids is 1. The zero-order valence-corrected chi connectivity index (χ0v) is 19.1. The normalized spacial score (nSPS) is 15.8. The average molecular weight is 491 g/mol. The van der Waals surface area contributed by atoms with Crippen molar-refractivity contribution >= 4 is 63.8 Å². The van der Waals surface area contributed by atoms with Gasteiger partial charge in [-0.15, -0.1) is 0 Å². The summed E-state index contributed by atoms with van der Waals surface area (Å²) in [5, 5.41) is 10.1. The fraction of sp³-hybridized carbons (Fsp3) is 0.182. The molecule has 32 heavy (non-hydrogen) atoms. The summed E-state index contributed by atoms with van der Waals surface area (Å²) in [4.78, 5) is 37.0. The topological polar surface area (TPSA) is 110 Å². The molecule has 2 aromatic carbocycles. The third-order valence-electron chi connectivity index (χ3n) is 4.63. The molecule has 1 atom stereocenters. The van der Waals surface area contributed by atoms with Crippen LogP contribution in [-0.2, 0) is 21.0 Å². The minimum Gasteiger partial charge on any atom is -0.488 e. The van der Waals surface area contributed by atoms with Crippen LogP contribution in [0.3, 0.4) is 0 Å². The van der Waals surface area contributed by atoms with Gasteiger partial charge in [0.25, 0.3) is 5.91 Å². The number of rotatable bonds is 9. The summed E-state index contributed by atoms with van der Waals surface area (Å²) in [6.45, 7) is 0.236. The first kappa shape index (κ1) is 23.8. The first-order valence-electron chi connectivity index (χ1n) is 9.51. The van der Waals surface area contributed by atoms with E-state index in [9.17, 15) is 19.5 Å². The van der Waals surface area contributed by atoms with E-state index in [0.29, 0.717) is 16.3 Å². The van der Waals surface area contributed by atoms with Gasteiger partial charge in [0.1, 0.15) is 22.7 Å². The highest BCUT2D eigenvalue weighted by Gasteiger charge is 2.40. The van der Waals surface area contributed by atoms with E-state index in [0.717, 1.165) is 22.2 Å². The van der Waals surface area contributed by atoms with Crippen LogP contribution in [0.25, 0.3) is 6.08 Å². The largest absolute Gasteiger partial charge is 0.488 e. The van der Waals surface area contributed by atoms with Crippen molar-refractivity contribution in [3.8, 4) is 5.75 Å². The molecule has 10 heteroatoms. The molecule has 0 bridgehead atoms. The maximum absolute atomic E-state index is 13.0. The molecule has 7 nitrogen and oxygen atoms in total. The molecule has 0 spiro atoms. The molecule has 1 fully saturated rings. The zero-order valence-electron chi connectivity index (χ0n) is 16.7. The molecule has 1 aliphatic heterocycles. The van der Waals surface area contributed by atoms with Crippen molar-refractivity contribution < 1.29 is 24.2 Å². The van der Waals surface area contributed by atoms with E-state index >= 15 is 0 Å². The number of amides is 2. The Kier molecular flexibility index (Phi) is 7.89. The van der Waals surface area contributed by atoms with Crippen molar-refractivity contribution in [2.24, 2.45) is 5.73 Å². The summed E-state index contributed by atoms with van der Waals surface area (Å²) in [6, 6.07) is 13.2. The van der Waals surface area contributed by atoms with E-state index in [2.05, 4.69) is 0 Å². The number of carbonyl (C=O) groups excluding carboxylic acids is 2. The van der Waals surface area contributed by atoms with Crippen LogP contribution < -0.4 is 10.5 Å². The van der Waals surface area contributed by atoms with Crippen LogP contribution in [-0.4, -0.2) is 38.2 Å². The number of nitrogens with two attached hydrogens (primary N) is 1. The van der Waals surface area contributed by atoms with Gasteiger partial charge in [0.15, 0.2) is 0 Å². The number of aliphatic carboxylic acids is 1. The number of halogens is 1. The minimum absolute atomic E-state index is 0.104. The van der Waals surface area contributed by atoms with Crippen molar-refractivity contribution in [3.05, 3.63) is 69.6 Å². The summed E-state index contributed by atoms with van der Waals surface area (Å²) in [7, 11) is 0. The lowest BCUT2D eigenvalue weighted by Crippen LogP contribution is -2.44. The van der Waals surface area contributed by atoms with E-state index < -0.39 is 23.8 Å². The number of ether oxygens (including phenoxy) is 1. The second-order valence-corrected chi connectivity index (χ2v) is 8.91. The predicted octanol–water partition coefficient (Wildman–Crippen LogP) is 3.84. The van der Waals surface area contributed by atoms with Crippen molar-refractivity contribution in [1.82, 2.24) is 4.90 Å². The molecule has 3 rings (SSSR count). The highest BCUT2D eigenvalue weighted by Crippen LogP contribution is 2.36. The summed E-state index contributed by atoms with van der Waals surface area (Å²) < 4.78 is 6.02. The lowest BCUT2D eigenvalue weighted by atomic mass is 10.1. The maximum atomic E-state index is 13.0. The molecule has 3 N–H and O–H groups in total. The molecule has 166 valence electrons. The second kappa shape index (κ2) is 10.6. The number of carboxylic acid groups (broad SMARTS) is 1. The van der Waals surface area contributed by atoms with Crippen LogP contribution in [0, 0.1) is 0 Å². The number of benzene rings is 2. The van der Waals surface area contributed by atoms with E-state index in [1.807, 2.05) is 18.2 Å². The highest BCUT2D eigenvalue weighted by molar-refractivity contribution is 8.26. The van der Waals surface area contributed by atoms with Crippen molar-refractivity contribution in [2.75, 3.05) is 0 Å². The van der Waals surface area contributed by atoms with Crippen LogP contribution in [0.5, 0.6) is 5.75 Å². The average Bonchev–Trinajstić information content (AvgIpc) is 3.01. The standard InChI is InChI=1S/C22H19ClN2O5S2/c23-15-7-3-1-6-14(15)12-30-17-8-4-2-5-13(17)11-18-20(27)25(22(31)32-18)16(21(28)29)9-10-19(24)26/h1-8,11,16H,9-10,12H2,(H2,24,26)(H,28,29)/b18-11-. The van der Waals surface area contributed by atoms with E-state index in [-0.39, 0.29) is 28.7 Å². The Morgan fingerprint density at radius 3 is 2.59 bits per heavy atom. The minimum atomic E-state index is -1.27. The summed E-state index contributed by atoms with van der Waals surface area (Å²) >= 11 is 12.4. The number of thiocarbonyl (C=S) groups is 1. The van der Waals surface area contributed by atoms with Crippen LogP contribution in [0.4, 0.5) is 0 Å². The number of para-hydroxylation sites is 1. The maximum Gasteiger partial charge on any atom is 0.326 e. The Labute approximate surface area is 199 Å². The fourth-order valence-electron chi connectivity index (χ4n) is 3.03. The molecule has 1 unspecified atom stereocenters. The monoisotopic (exact) mass is 490 g/mol.